The highest BCUT2D eigenvalue weighted by molar-refractivity contribution is 5.91. The molecule has 0 spiro atoms. The molecule has 2 amide bonds. The van der Waals surface area contributed by atoms with Crippen LogP contribution in [-0.2, 0) is 14.4 Å². The summed E-state index contributed by atoms with van der Waals surface area (Å²) < 4.78 is 0. The molecule has 7 nitrogen and oxygen atoms in total. The first kappa shape index (κ1) is 20.4. The van der Waals surface area contributed by atoms with Gasteiger partial charge in [0.1, 0.15) is 6.04 Å². The third-order valence-electron chi connectivity index (χ3n) is 3.61. The van der Waals surface area contributed by atoms with Crippen LogP contribution in [0.25, 0.3) is 0 Å². The molecule has 0 saturated carbocycles. The van der Waals surface area contributed by atoms with E-state index in [9.17, 15) is 19.5 Å². The molecule has 0 unspecified atom stereocenters. The standard InChI is InChI=1S/C15H29N3O4/c1-7(2)10(16)13(19)17-11(8(3)4)14(20)18-12(9(5)6)15(21)22/h7-12H,16H2,1-6H3,(H,17,19)(H,18,20)(H,21,22)/t10-,11-,12-/m1/s1. The van der Waals surface area contributed by atoms with Crippen LogP contribution in [0.3, 0.4) is 0 Å². The first-order chi connectivity index (χ1) is 9.98. The average molecular weight is 315 g/mol. The molecule has 5 N–H and O–H groups in total. The molecule has 0 saturated heterocycles. The third-order valence-corrected chi connectivity index (χ3v) is 3.61. The molecule has 0 bridgehead atoms. The minimum absolute atomic E-state index is 0.0440. The van der Waals surface area contributed by atoms with E-state index in [-0.39, 0.29) is 23.7 Å². The first-order valence-electron chi connectivity index (χ1n) is 7.63. The summed E-state index contributed by atoms with van der Waals surface area (Å²) in [5.41, 5.74) is 3.78. The summed E-state index contributed by atoms with van der Waals surface area (Å²) >= 11 is 0. The van der Waals surface area contributed by atoms with E-state index >= 15 is 0 Å². The van der Waals surface area contributed by atoms with Crippen molar-refractivity contribution in [1.29, 1.82) is 0 Å². The highest BCUT2D eigenvalue weighted by atomic mass is 16.4. The molecule has 3 atom stereocenters. The Morgan fingerprint density at radius 2 is 1.18 bits per heavy atom. The van der Waals surface area contributed by atoms with Crippen molar-refractivity contribution in [1.82, 2.24) is 10.6 Å². The second-order valence-electron chi connectivity index (χ2n) is 6.63. The predicted octanol–water partition coefficient (Wildman–Crippen LogP) is -1.72. The van der Waals surface area contributed by atoms with Crippen molar-refractivity contribution < 1.29 is 25.2 Å². The van der Waals surface area contributed by atoms with Gasteiger partial charge in [0.05, 0.1) is 12.0 Å². The second-order valence-corrected chi connectivity index (χ2v) is 6.63. The van der Waals surface area contributed by atoms with Crippen LogP contribution in [0.2, 0.25) is 0 Å². The number of carboxylic acid groups (broad SMARTS) is 1. The Morgan fingerprint density at radius 3 is 1.50 bits per heavy atom. The fourth-order valence-corrected chi connectivity index (χ4v) is 1.84. The van der Waals surface area contributed by atoms with Gasteiger partial charge >= 0.3 is 0 Å². The summed E-state index contributed by atoms with van der Waals surface area (Å²) in [4.78, 5) is 35.4. The number of carbonyl (C=O) groups excluding carboxylic acids is 3. The number of carboxylic acids is 1. The Labute approximate surface area is 132 Å². The smallest absolute Gasteiger partial charge is 0.279 e. The van der Waals surface area contributed by atoms with Crippen molar-refractivity contribution in [3.05, 3.63) is 0 Å². The number of quaternary nitrogens is 1. The van der Waals surface area contributed by atoms with Crippen molar-refractivity contribution in [2.45, 2.75) is 59.7 Å². The van der Waals surface area contributed by atoms with Gasteiger partial charge in [0, 0.05) is 5.92 Å². The summed E-state index contributed by atoms with van der Waals surface area (Å²) in [6, 6.07) is -2.38. The van der Waals surface area contributed by atoms with E-state index < -0.39 is 30.0 Å². The van der Waals surface area contributed by atoms with Crippen LogP contribution in [0.4, 0.5) is 0 Å². The molecule has 0 aliphatic carbocycles. The molecule has 0 aliphatic heterocycles. The molecule has 7 heteroatoms. The lowest BCUT2D eigenvalue weighted by atomic mass is 9.98. The van der Waals surface area contributed by atoms with Crippen LogP contribution in [0.15, 0.2) is 0 Å². The summed E-state index contributed by atoms with van der Waals surface area (Å²) in [6.07, 6.45) is 0. The normalized spacial score (nSPS) is 15.5. The lowest BCUT2D eigenvalue weighted by Crippen LogP contribution is -2.71. The van der Waals surface area contributed by atoms with Crippen molar-refractivity contribution in [2.75, 3.05) is 0 Å². The number of rotatable bonds is 8. The molecule has 0 aromatic carbocycles. The van der Waals surface area contributed by atoms with Gasteiger partial charge in [0.15, 0.2) is 6.04 Å². The van der Waals surface area contributed by atoms with E-state index in [1.54, 1.807) is 27.7 Å². The maximum Gasteiger partial charge on any atom is 0.279 e. The van der Waals surface area contributed by atoms with Gasteiger partial charge in [-0.2, -0.15) is 0 Å². The van der Waals surface area contributed by atoms with Gasteiger partial charge in [0.2, 0.25) is 5.91 Å². The van der Waals surface area contributed by atoms with Crippen molar-refractivity contribution in [3.63, 3.8) is 0 Å². The lowest BCUT2D eigenvalue weighted by molar-refractivity contribution is -0.414. The van der Waals surface area contributed by atoms with Crippen LogP contribution in [0, 0.1) is 17.8 Å². The SMILES string of the molecule is CC(C)[C@@H]([NH3+])C(=O)N[C@@H](C(=O)N[C@@H](C(=O)[O-])C(C)C)C(C)C. The lowest BCUT2D eigenvalue weighted by Gasteiger charge is -2.28. The highest BCUT2D eigenvalue weighted by Gasteiger charge is 2.30. The van der Waals surface area contributed by atoms with Gasteiger partial charge in [-0.25, -0.2) is 0 Å². The van der Waals surface area contributed by atoms with Gasteiger partial charge in [0.25, 0.3) is 5.91 Å². The maximum absolute atomic E-state index is 12.3. The molecule has 0 radical (unpaired) electrons. The van der Waals surface area contributed by atoms with Crippen LogP contribution >= 0.6 is 0 Å². The van der Waals surface area contributed by atoms with E-state index in [1.807, 2.05) is 13.8 Å². The average Bonchev–Trinajstić information content (AvgIpc) is 2.39. The molecule has 0 aromatic heterocycles. The summed E-state index contributed by atoms with van der Waals surface area (Å²) in [7, 11) is 0. The van der Waals surface area contributed by atoms with Crippen LogP contribution in [-0.4, -0.2) is 35.9 Å². The fraction of sp³-hybridized carbons (Fsp3) is 0.800. The number of amides is 2. The monoisotopic (exact) mass is 315 g/mol. The minimum Gasteiger partial charge on any atom is -0.548 e. The molecule has 0 rings (SSSR count). The van der Waals surface area contributed by atoms with E-state index in [1.165, 1.54) is 0 Å². The summed E-state index contributed by atoms with van der Waals surface area (Å²) in [5.74, 6) is -2.64. The van der Waals surface area contributed by atoms with Gasteiger partial charge in [-0.05, 0) is 11.8 Å². The zero-order valence-corrected chi connectivity index (χ0v) is 14.3. The first-order valence-corrected chi connectivity index (χ1v) is 7.63. The quantitative estimate of drug-likeness (QED) is 0.493. The van der Waals surface area contributed by atoms with E-state index in [0.29, 0.717) is 0 Å². The molecule has 22 heavy (non-hydrogen) atoms. The Hall–Kier alpha value is -1.63. The molecular weight excluding hydrogens is 286 g/mol. The Morgan fingerprint density at radius 1 is 0.773 bits per heavy atom. The molecule has 0 aromatic rings. The Balaban J connectivity index is 4.99. The largest absolute Gasteiger partial charge is 0.548 e. The van der Waals surface area contributed by atoms with Crippen LogP contribution in [0.1, 0.15) is 41.5 Å². The topological polar surface area (TPSA) is 126 Å². The van der Waals surface area contributed by atoms with Crippen molar-refractivity contribution in [2.24, 2.45) is 17.8 Å². The number of nitrogens with one attached hydrogen (secondary N) is 2. The number of aliphatic carboxylic acids is 1. The van der Waals surface area contributed by atoms with Gasteiger partial charge in [-0.3, -0.25) is 9.59 Å². The highest BCUT2D eigenvalue weighted by Crippen LogP contribution is 2.07. The zero-order valence-electron chi connectivity index (χ0n) is 14.3. The molecule has 0 heterocycles. The summed E-state index contributed by atoms with van der Waals surface area (Å²) in [6.45, 7) is 10.6. The van der Waals surface area contributed by atoms with Crippen molar-refractivity contribution in [3.8, 4) is 0 Å². The van der Waals surface area contributed by atoms with E-state index in [0.717, 1.165) is 0 Å². The Bertz CT molecular complexity index is 408. The molecule has 0 fully saturated rings. The van der Waals surface area contributed by atoms with Gasteiger partial charge < -0.3 is 26.3 Å². The van der Waals surface area contributed by atoms with Crippen LogP contribution in [0.5, 0.6) is 0 Å². The van der Waals surface area contributed by atoms with Crippen molar-refractivity contribution >= 4 is 17.8 Å². The van der Waals surface area contributed by atoms with E-state index in [2.05, 4.69) is 16.4 Å². The fourth-order valence-electron chi connectivity index (χ4n) is 1.84. The summed E-state index contributed by atoms with van der Waals surface area (Å²) in [5, 5.41) is 16.2. The number of hydrogen-bond donors (Lipinski definition) is 3. The zero-order chi connectivity index (χ0) is 17.6. The molecule has 128 valence electrons. The molecular formula is C15H29N3O4. The van der Waals surface area contributed by atoms with Gasteiger partial charge in [-0.1, -0.05) is 41.5 Å². The molecule has 0 aliphatic rings. The van der Waals surface area contributed by atoms with E-state index in [4.69, 9.17) is 0 Å². The second kappa shape index (κ2) is 8.73. The minimum atomic E-state index is -1.34. The number of carbonyl (C=O) groups is 3. The maximum atomic E-state index is 12.3. The Kier molecular flexibility index (Phi) is 8.08. The third kappa shape index (κ3) is 6.01. The van der Waals surface area contributed by atoms with Gasteiger partial charge in [-0.15, -0.1) is 0 Å². The number of hydrogen-bond acceptors (Lipinski definition) is 4. The van der Waals surface area contributed by atoms with Crippen LogP contribution < -0.4 is 21.5 Å². The predicted molar refractivity (Wildman–Crippen MR) is 80.1 cm³/mol.